The first-order valence-corrected chi connectivity index (χ1v) is 22.7. The van der Waals surface area contributed by atoms with E-state index in [9.17, 15) is 49.2 Å². The lowest BCUT2D eigenvalue weighted by Gasteiger charge is -2.46. The molecule has 0 spiro atoms. The van der Waals surface area contributed by atoms with Crippen LogP contribution in [0.25, 0.3) is 0 Å². The quantitative estimate of drug-likeness (QED) is 0.0549. The van der Waals surface area contributed by atoms with Gasteiger partial charge in [0.05, 0.1) is 0 Å². The molecular formula is C54H66N2O12. The smallest absolute Gasteiger partial charge is 0.408 e. The third-order valence-electron chi connectivity index (χ3n) is 12.0. The number of benzene rings is 4. The lowest BCUT2D eigenvalue weighted by atomic mass is 9.62. The van der Waals surface area contributed by atoms with Crippen molar-refractivity contribution < 1.29 is 58.7 Å². The first-order valence-electron chi connectivity index (χ1n) is 22.7. The van der Waals surface area contributed by atoms with Gasteiger partial charge in [-0.3, -0.25) is 19.2 Å². The SMILES string of the molecule is CC1(C)CC(NC(=O)OC(c2ccc(C(=O)C(C)(C)O)cc2)c2ccc(C(=O)C(C)(C)O)cc2)CC(C)(CNC(=O)OC(c2ccc(C(=O)C(C)(C)O)cc2)c2ccc(C(=O)C(C)(C)O)cc2)C1. The van der Waals surface area contributed by atoms with E-state index >= 15 is 0 Å². The number of hydrogen-bond donors (Lipinski definition) is 6. The van der Waals surface area contributed by atoms with Crippen LogP contribution >= 0.6 is 0 Å². The Bertz CT molecular complexity index is 2350. The number of amides is 2. The van der Waals surface area contributed by atoms with Crippen LogP contribution in [0.4, 0.5) is 9.59 Å². The summed E-state index contributed by atoms with van der Waals surface area (Å²) in [7, 11) is 0. The Morgan fingerprint density at radius 1 is 0.500 bits per heavy atom. The van der Waals surface area contributed by atoms with Crippen molar-refractivity contribution in [3.05, 3.63) is 142 Å². The van der Waals surface area contributed by atoms with Gasteiger partial charge in [0.1, 0.15) is 22.4 Å². The van der Waals surface area contributed by atoms with Crippen LogP contribution in [0.3, 0.4) is 0 Å². The number of carbonyl (C=O) groups excluding carboxylic acids is 6. The van der Waals surface area contributed by atoms with Crippen molar-refractivity contribution in [2.45, 2.75) is 136 Å². The standard InChI is InChI=1S/C54H66N2O12/c1-49(2)28-40(56-48(62)68-42(34-16-24-38(25-17-34)45(59)52(7,8)65)35-18-26-39(27-19-35)46(60)53(9,10)66)29-54(11,30-49)31-55-47(61)67-41(32-12-20-36(21-13-32)43(57)50(3,4)63)33-14-22-37(23-15-33)44(58)51(5,6)64/h12-27,40-42,63-66H,28-31H2,1-11H3,(H,55,61)(H,56,62). The third kappa shape index (κ3) is 13.6. The molecule has 1 saturated carbocycles. The van der Waals surface area contributed by atoms with Gasteiger partial charge in [-0.15, -0.1) is 0 Å². The minimum Gasteiger partial charge on any atom is -0.436 e. The molecule has 4 aromatic carbocycles. The van der Waals surface area contributed by atoms with Crippen molar-refractivity contribution in [2.75, 3.05) is 6.54 Å². The molecule has 0 aromatic heterocycles. The van der Waals surface area contributed by atoms with E-state index in [1.807, 2.05) is 6.92 Å². The fourth-order valence-corrected chi connectivity index (χ4v) is 8.92. The van der Waals surface area contributed by atoms with E-state index in [0.717, 1.165) is 0 Å². The fraction of sp³-hybridized carbons (Fsp3) is 0.444. The molecule has 0 bridgehead atoms. The molecule has 5 rings (SSSR count). The molecule has 2 amide bonds. The number of ketones is 4. The minimum atomic E-state index is -1.60. The number of rotatable bonds is 17. The topological polar surface area (TPSA) is 226 Å². The fourth-order valence-electron chi connectivity index (χ4n) is 8.92. The Labute approximate surface area is 398 Å². The molecular weight excluding hydrogens is 869 g/mol. The first-order chi connectivity index (χ1) is 31.3. The van der Waals surface area contributed by atoms with E-state index in [-0.39, 0.29) is 34.2 Å². The monoisotopic (exact) mass is 934 g/mol. The summed E-state index contributed by atoms with van der Waals surface area (Å²) in [5.74, 6) is -1.95. The summed E-state index contributed by atoms with van der Waals surface area (Å²) in [4.78, 5) is 78.9. The normalized spacial score (nSPS) is 17.6. The molecule has 6 N–H and O–H groups in total. The van der Waals surface area contributed by atoms with Crippen LogP contribution < -0.4 is 10.6 Å². The van der Waals surface area contributed by atoms with Crippen LogP contribution in [-0.2, 0) is 9.47 Å². The van der Waals surface area contributed by atoms with E-state index < -0.39 is 81.4 Å². The maximum Gasteiger partial charge on any atom is 0.408 e. The highest BCUT2D eigenvalue weighted by atomic mass is 16.6. The Hall–Kier alpha value is -6.06. The number of aliphatic hydroxyl groups is 4. The predicted octanol–water partition coefficient (Wildman–Crippen LogP) is 8.42. The lowest BCUT2D eigenvalue weighted by molar-refractivity contribution is 0.0486. The minimum absolute atomic E-state index is 0.168. The van der Waals surface area contributed by atoms with Crippen molar-refractivity contribution in [3.63, 3.8) is 0 Å². The highest BCUT2D eigenvalue weighted by Gasteiger charge is 2.43. The summed E-state index contributed by atoms with van der Waals surface area (Å²) in [6.45, 7) is 17.5. The van der Waals surface area contributed by atoms with Gasteiger partial charge < -0.3 is 40.5 Å². The molecule has 364 valence electrons. The molecule has 1 aliphatic rings. The van der Waals surface area contributed by atoms with Crippen LogP contribution in [0.15, 0.2) is 97.1 Å². The van der Waals surface area contributed by atoms with Crippen LogP contribution in [0.5, 0.6) is 0 Å². The molecule has 2 atom stereocenters. The van der Waals surface area contributed by atoms with Crippen LogP contribution in [0.2, 0.25) is 0 Å². The van der Waals surface area contributed by atoms with Gasteiger partial charge in [-0.05, 0) is 108 Å². The molecule has 14 nitrogen and oxygen atoms in total. The Balaban J connectivity index is 1.34. The number of ether oxygens (including phenoxy) is 2. The zero-order valence-electron chi connectivity index (χ0n) is 40.9. The van der Waals surface area contributed by atoms with E-state index in [4.69, 9.17) is 9.47 Å². The molecule has 0 radical (unpaired) electrons. The number of alkyl carbamates (subject to hydrolysis) is 2. The zero-order valence-corrected chi connectivity index (χ0v) is 40.9. The van der Waals surface area contributed by atoms with Gasteiger partial charge in [-0.25, -0.2) is 9.59 Å². The highest BCUT2D eigenvalue weighted by molar-refractivity contribution is 6.03. The molecule has 14 heteroatoms. The van der Waals surface area contributed by atoms with E-state index in [2.05, 4.69) is 24.5 Å². The van der Waals surface area contributed by atoms with Crippen LogP contribution in [0, 0.1) is 10.8 Å². The van der Waals surface area contributed by atoms with Gasteiger partial charge in [0.25, 0.3) is 0 Å². The number of hydrogen-bond acceptors (Lipinski definition) is 12. The summed E-state index contributed by atoms with van der Waals surface area (Å²) in [6.07, 6.45) is -1.73. The summed E-state index contributed by atoms with van der Waals surface area (Å²) < 4.78 is 12.2. The molecule has 2 unspecified atom stereocenters. The molecule has 4 aromatic rings. The lowest BCUT2D eigenvalue weighted by Crippen LogP contribution is -2.50. The molecule has 0 saturated heterocycles. The molecule has 1 aliphatic carbocycles. The number of carbonyl (C=O) groups is 6. The maximum atomic E-state index is 13.9. The van der Waals surface area contributed by atoms with E-state index in [1.165, 1.54) is 79.7 Å². The van der Waals surface area contributed by atoms with E-state index in [0.29, 0.717) is 41.5 Å². The Morgan fingerprint density at radius 2 is 0.779 bits per heavy atom. The number of Topliss-reactive ketones (excluding diaryl/α,β-unsaturated/α-hetero) is 4. The van der Waals surface area contributed by atoms with Crippen LogP contribution in [-0.4, -0.2) is 90.7 Å². The van der Waals surface area contributed by atoms with Crippen molar-refractivity contribution in [1.29, 1.82) is 0 Å². The summed E-state index contributed by atoms with van der Waals surface area (Å²) in [6, 6.07) is 24.9. The summed E-state index contributed by atoms with van der Waals surface area (Å²) >= 11 is 0. The third-order valence-corrected chi connectivity index (χ3v) is 12.0. The van der Waals surface area contributed by atoms with Crippen LogP contribution in [0.1, 0.15) is 171 Å². The Morgan fingerprint density at radius 3 is 1.06 bits per heavy atom. The second kappa shape index (κ2) is 19.9. The van der Waals surface area contributed by atoms with Gasteiger partial charge in [-0.1, -0.05) is 118 Å². The zero-order chi connectivity index (χ0) is 50.8. The summed E-state index contributed by atoms with van der Waals surface area (Å²) in [5, 5.41) is 47.2. The number of nitrogens with one attached hydrogen (secondary N) is 2. The predicted molar refractivity (Wildman–Crippen MR) is 256 cm³/mol. The van der Waals surface area contributed by atoms with Crippen molar-refractivity contribution in [1.82, 2.24) is 10.6 Å². The second-order valence-electron chi connectivity index (χ2n) is 21.4. The molecule has 1 fully saturated rings. The molecule has 68 heavy (non-hydrogen) atoms. The van der Waals surface area contributed by atoms with Gasteiger partial charge in [-0.2, -0.15) is 0 Å². The molecule has 0 aliphatic heterocycles. The van der Waals surface area contributed by atoms with Gasteiger partial charge in [0.15, 0.2) is 35.3 Å². The summed E-state index contributed by atoms with van der Waals surface area (Å²) in [5.41, 5.74) is -4.16. The Kier molecular flexibility index (Phi) is 15.5. The maximum absolute atomic E-state index is 13.9. The van der Waals surface area contributed by atoms with Crippen molar-refractivity contribution >= 4 is 35.3 Å². The average molecular weight is 935 g/mol. The largest absolute Gasteiger partial charge is 0.436 e. The van der Waals surface area contributed by atoms with Gasteiger partial charge in [0.2, 0.25) is 0 Å². The van der Waals surface area contributed by atoms with Crippen molar-refractivity contribution in [3.8, 4) is 0 Å². The van der Waals surface area contributed by atoms with Crippen molar-refractivity contribution in [2.24, 2.45) is 10.8 Å². The highest BCUT2D eigenvalue weighted by Crippen LogP contribution is 2.46. The van der Waals surface area contributed by atoms with Gasteiger partial charge in [0, 0.05) is 34.8 Å². The second-order valence-corrected chi connectivity index (χ2v) is 21.4. The van der Waals surface area contributed by atoms with E-state index in [1.54, 1.807) is 72.8 Å². The molecule has 0 heterocycles. The first kappa shape index (κ1) is 52.9. The average Bonchev–Trinajstić information content (AvgIpc) is 3.24. The van der Waals surface area contributed by atoms with Gasteiger partial charge >= 0.3 is 12.2 Å².